The number of para-hydroxylation sites is 1. The molecular formula is C19H27N3O3S. The SMILES string of the molecule is COc1ccccc1/C=C/CN1CCNC(=O)C1CC(=O)NCCSC. The van der Waals surface area contributed by atoms with Crippen molar-refractivity contribution in [3.8, 4) is 5.75 Å². The third-order valence-corrected chi connectivity index (χ3v) is 4.84. The summed E-state index contributed by atoms with van der Waals surface area (Å²) in [5.41, 5.74) is 0.989. The summed E-state index contributed by atoms with van der Waals surface area (Å²) < 4.78 is 5.34. The molecule has 0 aliphatic carbocycles. The van der Waals surface area contributed by atoms with E-state index >= 15 is 0 Å². The van der Waals surface area contributed by atoms with Gasteiger partial charge in [0.2, 0.25) is 11.8 Å². The van der Waals surface area contributed by atoms with Crippen LogP contribution in [0.25, 0.3) is 6.08 Å². The molecule has 0 saturated carbocycles. The smallest absolute Gasteiger partial charge is 0.237 e. The molecule has 0 spiro atoms. The zero-order valence-corrected chi connectivity index (χ0v) is 16.2. The van der Waals surface area contributed by atoms with Crippen LogP contribution in [0.15, 0.2) is 30.3 Å². The van der Waals surface area contributed by atoms with Gasteiger partial charge in [-0.3, -0.25) is 14.5 Å². The molecule has 1 aliphatic heterocycles. The van der Waals surface area contributed by atoms with Crippen molar-refractivity contribution >= 4 is 29.7 Å². The van der Waals surface area contributed by atoms with Crippen LogP contribution in [0.1, 0.15) is 12.0 Å². The van der Waals surface area contributed by atoms with Crippen LogP contribution in [0, 0.1) is 0 Å². The minimum atomic E-state index is -0.430. The molecule has 7 heteroatoms. The first-order valence-electron chi connectivity index (χ1n) is 8.72. The minimum Gasteiger partial charge on any atom is -0.496 e. The number of methoxy groups -OCH3 is 1. The van der Waals surface area contributed by atoms with Crippen molar-refractivity contribution in [2.75, 3.05) is 45.3 Å². The number of piperazine rings is 1. The number of hydrogen-bond donors (Lipinski definition) is 2. The molecule has 1 heterocycles. The predicted molar refractivity (Wildman–Crippen MR) is 106 cm³/mol. The molecule has 1 aromatic rings. The Morgan fingerprint density at radius 1 is 1.46 bits per heavy atom. The van der Waals surface area contributed by atoms with E-state index in [-0.39, 0.29) is 18.2 Å². The fourth-order valence-electron chi connectivity index (χ4n) is 2.86. The number of hydrogen-bond acceptors (Lipinski definition) is 5. The first-order chi connectivity index (χ1) is 12.7. The fraction of sp³-hybridized carbons (Fsp3) is 0.474. The molecule has 2 amide bonds. The number of carbonyl (C=O) groups is 2. The summed E-state index contributed by atoms with van der Waals surface area (Å²) in [5.74, 6) is 1.51. The molecule has 1 aromatic carbocycles. The summed E-state index contributed by atoms with van der Waals surface area (Å²) in [6.45, 7) is 2.56. The molecule has 142 valence electrons. The number of carbonyl (C=O) groups excluding carboxylic acids is 2. The van der Waals surface area contributed by atoms with Crippen molar-refractivity contribution in [2.45, 2.75) is 12.5 Å². The zero-order chi connectivity index (χ0) is 18.8. The van der Waals surface area contributed by atoms with Gasteiger partial charge in [0.25, 0.3) is 0 Å². The Bertz CT molecular complexity index is 636. The molecule has 2 N–H and O–H groups in total. The predicted octanol–water partition coefficient (Wildman–Crippen LogP) is 1.38. The Labute approximate surface area is 159 Å². The maximum absolute atomic E-state index is 12.2. The monoisotopic (exact) mass is 377 g/mol. The van der Waals surface area contributed by atoms with Gasteiger partial charge in [-0.2, -0.15) is 11.8 Å². The van der Waals surface area contributed by atoms with E-state index in [4.69, 9.17) is 4.74 Å². The Morgan fingerprint density at radius 2 is 2.27 bits per heavy atom. The van der Waals surface area contributed by atoms with Gasteiger partial charge in [-0.15, -0.1) is 0 Å². The summed E-state index contributed by atoms with van der Waals surface area (Å²) >= 11 is 1.68. The van der Waals surface area contributed by atoms with Crippen molar-refractivity contribution < 1.29 is 14.3 Å². The van der Waals surface area contributed by atoms with Gasteiger partial charge in [0, 0.05) is 37.5 Å². The normalized spacial score (nSPS) is 17.9. The molecule has 1 fully saturated rings. The summed E-state index contributed by atoms with van der Waals surface area (Å²) in [5, 5.41) is 5.72. The Balaban J connectivity index is 1.95. The second kappa shape index (κ2) is 10.9. The molecule has 1 aliphatic rings. The minimum absolute atomic E-state index is 0.0815. The van der Waals surface area contributed by atoms with Crippen LogP contribution < -0.4 is 15.4 Å². The van der Waals surface area contributed by atoms with E-state index in [0.717, 1.165) is 23.6 Å². The number of amides is 2. The maximum atomic E-state index is 12.2. The van der Waals surface area contributed by atoms with Gasteiger partial charge >= 0.3 is 0 Å². The van der Waals surface area contributed by atoms with Crippen LogP contribution in [-0.2, 0) is 9.59 Å². The molecule has 1 saturated heterocycles. The largest absolute Gasteiger partial charge is 0.496 e. The fourth-order valence-corrected chi connectivity index (χ4v) is 3.17. The van der Waals surface area contributed by atoms with Crippen LogP contribution in [0.4, 0.5) is 0 Å². The zero-order valence-electron chi connectivity index (χ0n) is 15.4. The van der Waals surface area contributed by atoms with Crippen molar-refractivity contribution in [1.29, 1.82) is 0 Å². The number of nitrogens with one attached hydrogen (secondary N) is 2. The van der Waals surface area contributed by atoms with Gasteiger partial charge in [0.05, 0.1) is 19.6 Å². The van der Waals surface area contributed by atoms with Crippen LogP contribution in [0.3, 0.4) is 0 Å². The van der Waals surface area contributed by atoms with Crippen LogP contribution in [0.5, 0.6) is 5.75 Å². The van der Waals surface area contributed by atoms with Gasteiger partial charge in [0.15, 0.2) is 0 Å². The maximum Gasteiger partial charge on any atom is 0.237 e. The van der Waals surface area contributed by atoms with Gasteiger partial charge in [-0.1, -0.05) is 30.4 Å². The molecule has 0 bridgehead atoms. The lowest BCUT2D eigenvalue weighted by atomic mass is 10.1. The van der Waals surface area contributed by atoms with Crippen molar-refractivity contribution in [1.82, 2.24) is 15.5 Å². The molecule has 2 rings (SSSR count). The summed E-state index contributed by atoms with van der Waals surface area (Å²) in [6.07, 6.45) is 6.18. The Hall–Kier alpha value is -1.99. The van der Waals surface area contributed by atoms with E-state index in [2.05, 4.69) is 10.6 Å². The average Bonchev–Trinajstić information content (AvgIpc) is 2.65. The van der Waals surface area contributed by atoms with E-state index in [1.54, 1.807) is 18.9 Å². The summed E-state index contributed by atoms with van der Waals surface area (Å²) in [6, 6.07) is 7.35. The molecular weight excluding hydrogens is 350 g/mol. The number of benzene rings is 1. The second-order valence-electron chi connectivity index (χ2n) is 5.99. The van der Waals surface area contributed by atoms with E-state index in [1.165, 1.54) is 0 Å². The molecule has 6 nitrogen and oxygen atoms in total. The van der Waals surface area contributed by atoms with E-state index in [1.807, 2.05) is 47.6 Å². The lowest BCUT2D eigenvalue weighted by Crippen LogP contribution is -2.56. The van der Waals surface area contributed by atoms with Gasteiger partial charge in [0.1, 0.15) is 5.75 Å². The first kappa shape index (κ1) is 20.3. The number of rotatable bonds is 9. The van der Waals surface area contributed by atoms with E-state index in [9.17, 15) is 9.59 Å². The molecule has 0 aromatic heterocycles. The van der Waals surface area contributed by atoms with Crippen LogP contribution in [0.2, 0.25) is 0 Å². The van der Waals surface area contributed by atoms with Gasteiger partial charge in [-0.05, 0) is 12.3 Å². The summed E-state index contributed by atoms with van der Waals surface area (Å²) in [7, 11) is 1.65. The van der Waals surface area contributed by atoms with Gasteiger partial charge < -0.3 is 15.4 Å². The second-order valence-corrected chi connectivity index (χ2v) is 6.98. The lowest BCUT2D eigenvalue weighted by Gasteiger charge is -2.33. The summed E-state index contributed by atoms with van der Waals surface area (Å²) in [4.78, 5) is 26.4. The van der Waals surface area contributed by atoms with Crippen molar-refractivity contribution in [3.63, 3.8) is 0 Å². The standard InChI is InChI=1S/C19H27N3O3S/c1-25-17-8-4-3-6-15(17)7-5-11-22-12-9-21-19(24)16(22)14-18(23)20-10-13-26-2/h3-8,16H,9-14H2,1-2H3,(H,20,23)(H,21,24)/b7-5+. The molecule has 0 radical (unpaired) electrons. The Morgan fingerprint density at radius 3 is 3.04 bits per heavy atom. The van der Waals surface area contributed by atoms with E-state index < -0.39 is 6.04 Å². The molecule has 1 atom stereocenters. The highest BCUT2D eigenvalue weighted by Crippen LogP contribution is 2.19. The average molecular weight is 378 g/mol. The number of nitrogens with zero attached hydrogens (tertiary/aromatic N) is 1. The molecule has 1 unspecified atom stereocenters. The van der Waals surface area contributed by atoms with Crippen LogP contribution in [-0.4, -0.2) is 68.1 Å². The lowest BCUT2D eigenvalue weighted by molar-refractivity contribution is -0.133. The topological polar surface area (TPSA) is 70.7 Å². The molecule has 26 heavy (non-hydrogen) atoms. The number of thioether (sulfide) groups is 1. The highest BCUT2D eigenvalue weighted by Gasteiger charge is 2.30. The highest BCUT2D eigenvalue weighted by atomic mass is 32.2. The van der Waals surface area contributed by atoms with Crippen LogP contribution >= 0.6 is 11.8 Å². The van der Waals surface area contributed by atoms with Gasteiger partial charge in [-0.25, -0.2) is 0 Å². The highest BCUT2D eigenvalue weighted by molar-refractivity contribution is 7.98. The Kier molecular flexibility index (Phi) is 8.50. The third kappa shape index (κ3) is 6.07. The van der Waals surface area contributed by atoms with Crippen molar-refractivity contribution in [3.05, 3.63) is 35.9 Å². The third-order valence-electron chi connectivity index (χ3n) is 4.23. The first-order valence-corrected chi connectivity index (χ1v) is 10.1. The quantitative estimate of drug-likeness (QED) is 0.636. The van der Waals surface area contributed by atoms with E-state index in [0.29, 0.717) is 19.6 Å². The number of ether oxygens (including phenoxy) is 1. The van der Waals surface area contributed by atoms with Crippen molar-refractivity contribution in [2.24, 2.45) is 0 Å².